The quantitative estimate of drug-likeness (QED) is 0.644. The van der Waals surface area contributed by atoms with Gasteiger partial charge in [-0.25, -0.2) is 0 Å². The van der Waals surface area contributed by atoms with Crippen LogP contribution in [-0.2, 0) is 6.42 Å². The van der Waals surface area contributed by atoms with E-state index < -0.39 is 0 Å². The maximum atomic E-state index is 11.1. The van der Waals surface area contributed by atoms with Crippen molar-refractivity contribution in [3.05, 3.63) is 74.8 Å². The Kier molecular flexibility index (Phi) is 5.31. The van der Waals surface area contributed by atoms with Gasteiger partial charge in [-0.3, -0.25) is 10.1 Å². The van der Waals surface area contributed by atoms with Crippen molar-refractivity contribution in [2.24, 2.45) is 0 Å². The van der Waals surface area contributed by atoms with E-state index in [1.807, 2.05) is 37.4 Å². The number of benzene rings is 2. The van der Waals surface area contributed by atoms with Gasteiger partial charge >= 0.3 is 0 Å². The highest BCUT2D eigenvalue weighted by Gasteiger charge is 2.16. The van der Waals surface area contributed by atoms with Crippen molar-refractivity contribution in [3.63, 3.8) is 0 Å². The smallest absolute Gasteiger partial charge is 0.272 e. The molecule has 5 heteroatoms. The second kappa shape index (κ2) is 7.20. The third kappa shape index (κ3) is 4.03. The Hall–Kier alpha value is -1.91. The minimum atomic E-state index is -0.359. The third-order valence-electron chi connectivity index (χ3n) is 3.49. The summed E-state index contributed by atoms with van der Waals surface area (Å²) in [4.78, 5) is 10.7. The molecule has 0 aliphatic carbocycles. The molecule has 1 unspecified atom stereocenters. The monoisotopic (exact) mass is 304 g/mol. The van der Waals surface area contributed by atoms with E-state index in [4.69, 9.17) is 11.6 Å². The standard InChI is InChI=1S/C16H17ClN2O2/c1-18-15(12-5-3-2-4-6-12)9-7-13-11-14(17)8-10-16(13)19(20)21/h2-6,8,10-11,15,18H,7,9H2,1H3. The second-order valence-electron chi connectivity index (χ2n) is 4.82. The van der Waals surface area contributed by atoms with Gasteiger partial charge in [0.2, 0.25) is 0 Å². The zero-order valence-corrected chi connectivity index (χ0v) is 12.5. The van der Waals surface area contributed by atoms with Crippen LogP contribution in [-0.4, -0.2) is 12.0 Å². The minimum absolute atomic E-state index is 0.127. The predicted molar refractivity (Wildman–Crippen MR) is 84.7 cm³/mol. The number of halogens is 1. The number of hydrogen-bond donors (Lipinski definition) is 1. The summed E-state index contributed by atoms with van der Waals surface area (Å²) in [7, 11) is 1.89. The first-order chi connectivity index (χ1) is 10.1. The summed E-state index contributed by atoms with van der Waals surface area (Å²) in [6.45, 7) is 0. The van der Waals surface area contributed by atoms with E-state index in [2.05, 4.69) is 5.32 Å². The van der Waals surface area contributed by atoms with E-state index in [1.54, 1.807) is 12.1 Å². The number of hydrogen-bond acceptors (Lipinski definition) is 3. The van der Waals surface area contributed by atoms with Gasteiger partial charge in [0, 0.05) is 22.7 Å². The first-order valence-corrected chi connectivity index (χ1v) is 7.14. The SMILES string of the molecule is CNC(CCc1cc(Cl)ccc1[N+](=O)[O-])c1ccccc1. The van der Waals surface area contributed by atoms with Crippen LogP contribution in [0.3, 0.4) is 0 Å². The Morgan fingerprint density at radius 1 is 1.24 bits per heavy atom. The summed E-state index contributed by atoms with van der Waals surface area (Å²) in [6.07, 6.45) is 1.36. The molecule has 2 rings (SSSR count). The summed E-state index contributed by atoms with van der Waals surface area (Å²) in [5.41, 5.74) is 1.97. The Balaban J connectivity index is 2.15. The molecule has 0 spiro atoms. The Morgan fingerprint density at radius 3 is 2.57 bits per heavy atom. The summed E-state index contributed by atoms with van der Waals surface area (Å²) < 4.78 is 0. The lowest BCUT2D eigenvalue weighted by Gasteiger charge is -2.16. The van der Waals surface area contributed by atoms with E-state index in [9.17, 15) is 10.1 Å². The van der Waals surface area contributed by atoms with E-state index in [-0.39, 0.29) is 16.7 Å². The average Bonchev–Trinajstić information content (AvgIpc) is 2.48. The molecule has 0 heterocycles. The topological polar surface area (TPSA) is 55.2 Å². The van der Waals surface area contributed by atoms with Crippen molar-refractivity contribution >= 4 is 17.3 Å². The Labute approximate surface area is 128 Å². The number of rotatable bonds is 6. The Bertz CT molecular complexity index is 617. The van der Waals surface area contributed by atoms with Crippen molar-refractivity contribution < 1.29 is 4.92 Å². The van der Waals surface area contributed by atoms with Crippen LogP contribution in [0.1, 0.15) is 23.6 Å². The average molecular weight is 305 g/mol. The van der Waals surface area contributed by atoms with Gasteiger partial charge in [-0.1, -0.05) is 41.9 Å². The molecule has 0 fully saturated rings. The van der Waals surface area contributed by atoms with Gasteiger partial charge in [-0.2, -0.15) is 0 Å². The van der Waals surface area contributed by atoms with Crippen LogP contribution in [0.25, 0.3) is 0 Å². The molecule has 2 aromatic carbocycles. The highest BCUT2D eigenvalue weighted by molar-refractivity contribution is 6.30. The molecule has 1 atom stereocenters. The van der Waals surface area contributed by atoms with Crippen LogP contribution in [0.4, 0.5) is 5.69 Å². The number of nitro benzene ring substituents is 1. The van der Waals surface area contributed by atoms with Crippen molar-refractivity contribution in [1.29, 1.82) is 0 Å². The molecule has 0 aliphatic rings. The lowest BCUT2D eigenvalue weighted by molar-refractivity contribution is -0.385. The van der Waals surface area contributed by atoms with Gasteiger partial charge in [-0.05, 0) is 37.6 Å². The first-order valence-electron chi connectivity index (χ1n) is 6.77. The van der Waals surface area contributed by atoms with Crippen LogP contribution in [0, 0.1) is 10.1 Å². The lowest BCUT2D eigenvalue weighted by Crippen LogP contribution is -2.17. The zero-order chi connectivity index (χ0) is 15.2. The number of nitrogens with one attached hydrogen (secondary N) is 1. The predicted octanol–water partition coefficient (Wildman–Crippen LogP) is 4.14. The summed E-state index contributed by atoms with van der Waals surface area (Å²) >= 11 is 5.95. The molecular weight excluding hydrogens is 288 g/mol. The molecular formula is C16H17ClN2O2. The molecule has 0 aromatic heterocycles. The fourth-order valence-electron chi connectivity index (χ4n) is 2.40. The molecule has 0 bridgehead atoms. The molecule has 0 saturated heterocycles. The van der Waals surface area contributed by atoms with Crippen molar-refractivity contribution in [2.45, 2.75) is 18.9 Å². The van der Waals surface area contributed by atoms with E-state index >= 15 is 0 Å². The maximum Gasteiger partial charge on any atom is 0.272 e. The van der Waals surface area contributed by atoms with Crippen LogP contribution >= 0.6 is 11.6 Å². The van der Waals surface area contributed by atoms with Crippen LogP contribution in [0.5, 0.6) is 0 Å². The molecule has 21 heavy (non-hydrogen) atoms. The molecule has 0 aliphatic heterocycles. The molecule has 0 radical (unpaired) electrons. The van der Waals surface area contributed by atoms with Gasteiger partial charge in [0.25, 0.3) is 5.69 Å². The summed E-state index contributed by atoms with van der Waals surface area (Å²) in [5, 5.41) is 14.8. The molecule has 4 nitrogen and oxygen atoms in total. The zero-order valence-electron chi connectivity index (χ0n) is 11.8. The van der Waals surface area contributed by atoms with Crippen LogP contribution < -0.4 is 5.32 Å². The minimum Gasteiger partial charge on any atom is -0.313 e. The van der Waals surface area contributed by atoms with Crippen molar-refractivity contribution in [3.8, 4) is 0 Å². The molecule has 0 amide bonds. The summed E-state index contributed by atoms with van der Waals surface area (Å²) in [5.74, 6) is 0. The molecule has 1 N–H and O–H groups in total. The number of nitrogens with zero attached hydrogens (tertiary/aromatic N) is 1. The summed E-state index contributed by atoms with van der Waals surface area (Å²) in [6, 6.07) is 14.9. The Morgan fingerprint density at radius 2 is 1.95 bits per heavy atom. The fourth-order valence-corrected chi connectivity index (χ4v) is 2.59. The van der Waals surface area contributed by atoms with Gasteiger partial charge in [0.15, 0.2) is 0 Å². The largest absolute Gasteiger partial charge is 0.313 e. The highest BCUT2D eigenvalue weighted by atomic mass is 35.5. The third-order valence-corrected chi connectivity index (χ3v) is 3.73. The molecule has 110 valence electrons. The van der Waals surface area contributed by atoms with E-state index in [0.717, 1.165) is 6.42 Å². The van der Waals surface area contributed by atoms with Gasteiger partial charge < -0.3 is 5.32 Å². The first kappa shape index (κ1) is 15.5. The number of nitro groups is 1. The molecule has 2 aromatic rings. The highest BCUT2D eigenvalue weighted by Crippen LogP contribution is 2.26. The lowest BCUT2D eigenvalue weighted by atomic mass is 9.98. The second-order valence-corrected chi connectivity index (χ2v) is 5.26. The van der Waals surface area contributed by atoms with E-state index in [1.165, 1.54) is 11.6 Å². The van der Waals surface area contributed by atoms with Crippen LogP contribution in [0.2, 0.25) is 5.02 Å². The normalized spacial score (nSPS) is 12.1. The fraction of sp³-hybridized carbons (Fsp3) is 0.250. The molecule has 0 saturated carbocycles. The van der Waals surface area contributed by atoms with Gasteiger partial charge in [0.1, 0.15) is 0 Å². The van der Waals surface area contributed by atoms with Crippen molar-refractivity contribution in [2.75, 3.05) is 7.05 Å². The maximum absolute atomic E-state index is 11.1. The van der Waals surface area contributed by atoms with Gasteiger partial charge in [-0.15, -0.1) is 0 Å². The van der Waals surface area contributed by atoms with Crippen molar-refractivity contribution in [1.82, 2.24) is 5.32 Å². The number of aryl methyl sites for hydroxylation is 1. The van der Waals surface area contributed by atoms with Crippen LogP contribution in [0.15, 0.2) is 48.5 Å². The van der Waals surface area contributed by atoms with E-state index in [0.29, 0.717) is 17.0 Å². The van der Waals surface area contributed by atoms with Gasteiger partial charge in [0.05, 0.1) is 4.92 Å².